The summed E-state index contributed by atoms with van der Waals surface area (Å²) in [6, 6.07) is 15.4. The van der Waals surface area contributed by atoms with Gasteiger partial charge >= 0.3 is 5.97 Å². The van der Waals surface area contributed by atoms with E-state index in [0.717, 1.165) is 49.7 Å². The molecule has 1 N–H and O–H groups in total. The minimum atomic E-state index is -0.876. The standard InChI is InChI=1S/C20H24N2O3/c1-2-25-19-9-4-3-8-18(19)22-12-10-21(11-13-22)15-16-6-5-7-17(14-16)20(23)24/h3-9,14H,2,10-13,15H2,1H3,(H,23,24). The van der Waals surface area contributed by atoms with Gasteiger partial charge in [-0.05, 0) is 36.8 Å². The molecule has 5 nitrogen and oxygen atoms in total. The zero-order valence-corrected chi connectivity index (χ0v) is 14.5. The molecular weight excluding hydrogens is 316 g/mol. The van der Waals surface area contributed by atoms with E-state index in [4.69, 9.17) is 9.84 Å². The van der Waals surface area contributed by atoms with Gasteiger partial charge in [-0.1, -0.05) is 24.3 Å². The Morgan fingerprint density at radius 3 is 2.56 bits per heavy atom. The summed E-state index contributed by atoms with van der Waals surface area (Å²) in [5, 5.41) is 9.11. The summed E-state index contributed by atoms with van der Waals surface area (Å²) in [6.45, 7) is 7.19. The minimum Gasteiger partial charge on any atom is -0.492 e. The maximum Gasteiger partial charge on any atom is 0.335 e. The molecule has 0 aliphatic carbocycles. The number of benzene rings is 2. The molecule has 3 rings (SSSR count). The van der Waals surface area contributed by atoms with Gasteiger partial charge in [-0.2, -0.15) is 0 Å². The van der Waals surface area contributed by atoms with Crippen LogP contribution < -0.4 is 9.64 Å². The Bertz CT molecular complexity index is 724. The number of carboxylic acids is 1. The first-order chi connectivity index (χ1) is 12.2. The molecule has 0 spiro atoms. The first kappa shape index (κ1) is 17.3. The molecule has 1 aliphatic rings. The number of rotatable bonds is 6. The van der Waals surface area contributed by atoms with E-state index < -0.39 is 5.97 Å². The van der Waals surface area contributed by atoms with Crippen LogP contribution in [0.15, 0.2) is 48.5 Å². The molecule has 1 aliphatic heterocycles. The molecule has 2 aromatic carbocycles. The summed E-state index contributed by atoms with van der Waals surface area (Å²) in [5.74, 6) is 0.0619. The maximum absolute atomic E-state index is 11.1. The number of aromatic carboxylic acids is 1. The Kier molecular flexibility index (Phi) is 5.56. The van der Waals surface area contributed by atoms with Gasteiger partial charge in [0.2, 0.25) is 0 Å². The van der Waals surface area contributed by atoms with E-state index >= 15 is 0 Å². The van der Waals surface area contributed by atoms with Gasteiger partial charge in [0, 0.05) is 32.7 Å². The number of hydrogen-bond donors (Lipinski definition) is 1. The van der Waals surface area contributed by atoms with Gasteiger partial charge in [0.1, 0.15) is 5.75 Å². The molecular formula is C20H24N2O3. The third kappa shape index (κ3) is 4.31. The number of nitrogens with zero attached hydrogens (tertiary/aromatic N) is 2. The van der Waals surface area contributed by atoms with Crippen molar-refractivity contribution in [3.63, 3.8) is 0 Å². The van der Waals surface area contributed by atoms with E-state index in [0.29, 0.717) is 12.2 Å². The molecule has 25 heavy (non-hydrogen) atoms. The summed E-state index contributed by atoms with van der Waals surface area (Å²) in [7, 11) is 0. The Morgan fingerprint density at radius 2 is 1.84 bits per heavy atom. The number of ether oxygens (including phenoxy) is 1. The highest BCUT2D eigenvalue weighted by molar-refractivity contribution is 5.87. The smallest absolute Gasteiger partial charge is 0.335 e. The van der Waals surface area contributed by atoms with Crippen molar-refractivity contribution < 1.29 is 14.6 Å². The molecule has 0 radical (unpaired) electrons. The highest BCUT2D eigenvalue weighted by Gasteiger charge is 2.19. The molecule has 0 bridgehead atoms. The summed E-state index contributed by atoms with van der Waals surface area (Å²) in [4.78, 5) is 15.8. The van der Waals surface area contributed by atoms with E-state index in [1.807, 2.05) is 37.3 Å². The molecule has 0 aromatic heterocycles. The molecule has 2 aromatic rings. The third-order valence-corrected chi connectivity index (χ3v) is 4.46. The van der Waals surface area contributed by atoms with E-state index in [1.54, 1.807) is 12.1 Å². The summed E-state index contributed by atoms with van der Waals surface area (Å²) in [5.41, 5.74) is 2.54. The second-order valence-electron chi connectivity index (χ2n) is 6.17. The van der Waals surface area contributed by atoms with Crippen molar-refractivity contribution in [2.75, 3.05) is 37.7 Å². The molecule has 1 fully saturated rings. The van der Waals surface area contributed by atoms with Crippen molar-refractivity contribution in [3.8, 4) is 5.75 Å². The van der Waals surface area contributed by atoms with Crippen molar-refractivity contribution in [2.24, 2.45) is 0 Å². The number of para-hydroxylation sites is 2. The van der Waals surface area contributed by atoms with Gasteiger partial charge < -0.3 is 14.7 Å². The lowest BCUT2D eigenvalue weighted by Gasteiger charge is -2.36. The van der Waals surface area contributed by atoms with Crippen molar-refractivity contribution in [3.05, 3.63) is 59.7 Å². The fraction of sp³-hybridized carbons (Fsp3) is 0.350. The van der Waals surface area contributed by atoms with E-state index in [2.05, 4.69) is 15.9 Å². The van der Waals surface area contributed by atoms with E-state index in [9.17, 15) is 4.79 Å². The topological polar surface area (TPSA) is 53.0 Å². The SMILES string of the molecule is CCOc1ccccc1N1CCN(Cc2cccc(C(=O)O)c2)CC1. The number of anilines is 1. The van der Waals surface area contributed by atoms with Crippen LogP contribution in [0.25, 0.3) is 0 Å². The minimum absolute atomic E-state index is 0.349. The fourth-order valence-electron chi connectivity index (χ4n) is 3.20. The van der Waals surface area contributed by atoms with Crippen molar-refractivity contribution in [2.45, 2.75) is 13.5 Å². The summed E-state index contributed by atoms with van der Waals surface area (Å²) < 4.78 is 5.74. The van der Waals surface area contributed by atoms with Crippen LogP contribution in [-0.2, 0) is 6.54 Å². The Labute approximate surface area is 148 Å². The monoisotopic (exact) mass is 340 g/mol. The second-order valence-corrected chi connectivity index (χ2v) is 6.17. The Hall–Kier alpha value is -2.53. The zero-order valence-electron chi connectivity index (χ0n) is 14.5. The summed E-state index contributed by atoms with van der Waals surface area (Å²) >= 11 is 0. The lowest BCUT2D eigenvalue weighted by atomic mass is 10.1. The number of piperazine rings is 1. The van der Waals surface area contributed by atoms with Gasteiger partial charge in [0.15, 0.2) is 0 Å². The lowest BCUT2D eigenvalue weighted by molar-refractivity contribution is 0.0696. The molecule has 0 saturated carbocycles. The molecule has 0 unspecified atom stereocenters. The van der Waals surface area contributed by atoms with Gasteiger partial charge in [-0.15, -0.1) is 0 Å². The zero-order chi connectivity index (χ0) is 17.6. The lowest BCUT2D eigenvalue weighted by Crippen LogP contribution is -2.46. The van der Waals surface area contributed by atoms with Crippen molar-refractivity contribution >= 4 is 11.7 Å². The van der Waals surface area contributed by atoms with E-state index in [1.165, 1.54) is 0 Å². The number of carbonyl (C=O) groups is 1. The average Bonchev–Trinajstić information content (AvgIpc) is 2.63. The molecule has 132 valence electrons. The van der Waals surface area contributed by atoms with Crippen LogP contribution in [0.3, 0.4) is 0 Å². The molecule has 1 saturated heterocycles. The first-order valence-corrected chi connectivity index (χ1v) is 8.68. The largest absolute Gasteiger partial charge is 0.492 e. The van der Waals surface area contributed by atoms with E-state index in [-0.39, 0.29) is 0 Å². The molecule has 1 heterocycles. The van der Waals surface area contributed by atoms with Crippen LogP contribution in [0.1, 0.15) is 22.8 Å². The quantitative estimate of drug-likeness (QED) is 0.876. The molecule has 0 atom stereocenters. The van der Waals surface area contributed by atoms with Crippen LogP contribution in [-0.4, -0.2) is 48.8 Å². The molecule has 0 amide bonds. The van der Waals surface area contributed by atoms with Crippen molar-refractivity contribution in [1.29, 1.82) is 0 Å². The van der Waals surface area contributed by atoms with Crippen LogP contribution in [0.5, 0.6) is 5.75 Å². The number of hydrogen-bond acceptors (Lipinski definition) is 4. The second kappa shape index (κ2) is 8.03. The Morgan fingerprint density at radius 1 is 1.08 bits per heavy atom. The Balaban J connectivity index is 1.61. The average molecular weight is 340 g/mol. The van der Waals surface area contributed by atoms with Crippen LogP contribution >= 0.6 is 0 Å². The van der Waals surface area contributed by atoms with Gasteiger partial charge in [-0.3, -0.25) is 4.90 Å². The van der Waals surface area contributed by atoms with Gasteiger partial charge in [0.05, 0.1) is 17.9 Å². The maximum atomic E-state index is 11.1. The third-order valence-electron chi connectivity index (χ3n) is 4.46. The highest BCUT2D eigenvalue weighted by atomic mass is 16.5. The molecule has 5 heteroatoms. The van der Waals surface area contributed by atoms with Crippen LogP contribution in [0.4, 0.5) is 5.69 Å². The fourth-order valence-corrected chi connectivity index (χ4v) is 3.20. The summed E-state index contributed by atoms with van der Waals surface area (Å²) in [6.07, 6.45) is 0. The first-order valence-electron chi connectivity index (χ1n) is 8.68. The number of carboxylic acid groups (broad SMARTS) is 1. The van der Waals surface area contributed by atoms with Gasteiger partial charge in [-0.25, -0.2) is 4.79 Å². The van der Waals surface area contributed by atoms with Crippen LogP contribution in [0, 0.1) is 0 Å². The van der Waals surface area contributed by atoms with Crippen LogP contribution in [0.2, 0.25) is 0 Å². The van der Waals surface area contributed by atoms with Crippen molar-refractivity contribution in [1.82, 2.24) is 4.90 Å². The highest BCUT2D eigenvalue weighted by Crippen LogP contribution is 2.29. The predicted octanol–water partition coefficient (Wildman–Crippen LogP) is 3.11. The normalized spacial score (nSPS) is 15.2. The predicted molar refractivity (Wildman–Crippen MR) is 98.5 cm³/mol. The van der Waals surface area contributed by atoms with Gasteiger partial charge in [0.25, 0.3) is 0 Å².